The quantitative estimate of drug-likeness (QED) is 0.592. The third kappa shape index (κ3) is 8.06. The van der Waals surface area contributed by atoms with Crippen molar-refractivity contribution in [3.8, 4) is 0 Å². The second kappa shape index (κ2) is 9.23. The van der Waals surface area contributed by atoms with Crippen molar-refractivity contribution in [2.45, 2.75) is 64.7 Å². The van der Waals surface area contributed by atoms with Gasteiger partial charge in [0.15, 0.2) is 0 Å². The van der Waals surface area contributed by atoms with Gasteiger partial charge >= 0.3 is 0 Å². The summed E-state index contributed by atoms with van der Waals surface area (Å²) >= 11 is 2.07. The second-order valence-electron chi connectivity index (χ2n) is 5.53. The van der Waals surface area contributed by atoms with Gasteiger partial charge in [-0.05, 0) is 38.0 Å². The summed E-state index contributed by atoms with van der Waals surface area (Å²) in [4.78, 5) is 0. The molecule has 0 rings (SSSR count). The number of hydrogen-bond donors (Lipinski definition) is 2. The van der Waals surface area contributed by atoms with Gasteiger partial charge in [-0.3, -0.25) is 0 Å². The zero-order valence-corrected chi connectivity index (χ0v) is 13.1. The molecule has 0 aromatic heterocycles. The van der Waals surface area contributed by atoms with Crippen LogP contribution in [0.4, 0.5) is 0 Å². The van der Waals surface area contributed by atoms with Crippen LogP contribution in [0.3, 0.4) is 0 Å². The average Bonchev–Trinajstić information content (AvgIpc) is 2.28. The van der Waals surface area contributed by atoms with Crippen molar-refractivity contribution in [1.82, 2.24) is 5.32 Å². The predicted octanol–water partition coefficient (Wildman–Crippen LogP) is 3.29. The minimum Gasteiger partial charge on any atom is -0.394 e. The van der Waals surface area contributed by atoms with E-state index in [9.17, 15) is 5.11 Å². The molecule has 0 fully saturated rings. The molecule has 2 unspecified atom stereocenters. The van der Waals surface area contributed by atoms with Crippen LogP contribution in [-0.2, 0) is 0 Å². The Balaban J connectivity index is 3.62. The van der Waals surface area contributed by atoms with Crippen LogP contribution in [0.15, 0.2) is 0 Å². The molecule has 0 aliphatic rings. The maximum absolute atomic E-state index is 9.37. The molecule has 104 valence electrons. The van der Waals surface area contributed by atoms with Crippen LogP contribution < -0.4 is 5.32 Å². The predicted molar refractivity (Wildman–Crippen MR) is 79.8 cm³/mol. The zero-order chi connectivity index (χ0) is 13.3. The van der Waals surface area contributed by atoms with Gasteiger partial charge in [-0.2, -0.15) is 11.8 Å². The molecular formula is C14H31NOS. The lowest BCUT2D eigenvalue weighted by molar-refractivity contribution is 0.165. The lowest BCUT2D eigenvalue weighted by Gasteiger charge is -2.28. The Kier molecular flexibility index (Phi) is 9.38. The first kappa shape index (κ1) is 17.3. The lowest BCUT2D eigenvalue weighted by Crippen LogP contribution is -2.45. The number of thioether (sulfide) groups is 1. The number of aliphatic hydroxyl groups is 1. The molecule has 0 radical (unpaired) electrons. The molecule has 0 amide bonds. The maximum Gasteiger partial charge on any atom is 0.0610 e. The molecule has 0 saturated heterocycles. The SMILES string of the molecule is CCNC(C)(CO)CCCCSC(C)C(C)C. The van der Waals surface area contributed by atoms with E-state index in [4.69, 9.17) is 0 Å². The van der Waals surface area contributed by atoms with Gasteiger partial charge in [-0.1, -0.05) is 34.1 Å². The first-order chi connectivity index (χ1) is 7.95. The van der Waals surface area contributed by atoms with E-state index in [1.165, 1.54) is 18.6 Å². The number of aliphatic hydroxyl groups excluding tert-OH is 1. The van der Waals surface area contributed by atoms with Crippen LogP contribution in [0, 0.1) is 5.92 Å². The van der Waals surface area contributed by atoms with Gasteiger partial charge in [0.25, 0.3) is 0 Å². The smallest absolute Gasteiger partial charge is 0.0610 e. The van der Waals surface area contributed by atoms with Crippen LogP contribution in [0.5, 0.6) is 0 Å². The van der Waals surface area contributed by atoms with E-state index in [1.54, 1.807) is 0 Å². The normalized spacial score (nSPS) is 17.1. The molecule has 17 heavy (non-hydrogen) atoms. The Morgan fingerprint density at radius 1 is 1.24 bits per heavy atom. The Hall–Kier alpha value is 0.270. The highest BCUT2D eigenvalue weighted by Gasteiger charge is 2.20. The Morgan fingerprint density at radius 3 is 2.35 bits per heavy atom. The van der Waals surface area contributed by atoms with Crippen LogP contribution >= 0.6 is 11.8 Å². The van der Waals surface area contributed by atoms with E-state index in [0.29, 0.717) is 0 Å². The minimum atomic E-state index is -0.0803. The molecule has 0 heterocycles. The van der Waals surface area contributed by atoms with Crippen molar-refractivity contribution in [3.63, 3.8) is 0 Å². The van der Waals surface area contributed by atoms with Crippen molar-refractivity contribution >= 4 is 11.8 Å². The summed E-state index contributed by atoms with van der Waals surface area (Å²) in [5.41, 5.74) is -0.0803. The molecule has 3 heteroatoms. The molecule has 2 atom stereocenters. The van der Waals surface area contributed by atoms with Crippen molar-refractivity contribution in [3.05, 3.63) is 0 Å². The van der Waals surface area contributed by atoms with E-state index < -0.39 is 0 Å². The van der Waals surface area contributed by atoms with Gasteiger partial charge in [0, 0.05) is 10.8 Å². The van der Waals surface area contributed by atoms with Gasteiger partial charge in [-0.25, -0.2) is 0 Å². The van der Waals surface area contributed by atoms with Crippen LogP contribution in [0.1, 0.15) is 53.9 Å². The van der Waals surface area contributed by atoms with Gasteiger partial charge in [0.1, 0.15) is 0 Å². The van der Waals surface area contributed by atoms with E-state index in [2.05, 4.69) is 51.7 Å². The molecule has 0 bridgehead atoms. The standard InChI is InChI=1S/C14H31NOS/c1-6-15-14(5,11-16)9-7-8-10-17-13(4)12(2)3/h12-13,15-16H,6-11H2,1-5H3. The van der Waals surface area contributed by atoms with E-state index in [0.717, 1.165) is 24.1 Å². The molecule has 0 spiro atoms. The Bertz CT molecular complexity index is 187. The van der Waals surface area contributed by atoms with Gasteiger partial charge < -0.3 is 10.4 Å². The zero-order valence-electron chi connectivity index (χ0n) is 12.3. The third-order valence-corrected chi connectivity index (χ3v) is 4.99. The number of rotatable bonds is 10. The summed E-state index contributed by atoms with van der Waals surface area (Å²) in [5, 5.41) is 13.5. The largest absolute Gasteiger partial charge is 0.394 e. The first-order valence-electron chi connectivity index (χ1n) is 6.92. The molecule has 0 aromatic carbocycles. The summed E-state index contributed by atoms with van der Waals surface area (Å²) < 4.78 is 0. The molecule has 0 aliphatic heterocycles. The van der Waals surface area contributed by atoms with Crippen molar-refractivity contribution in [2.24, 2.45) is 5.92 Å². The highest BCUT2D eigenvalue weighted by atomic mass is 32.2. The number of likely N-dealkylation sites (N-methyl/N-ethyl adjacent to an activating group) is 1. The molecule has 2 N–H and O–H groups in total. The lowest BCUT2D eigenvalue weighted by atomic mass is 9.96. The first-order valence-corrected chi connectivity index (χ1v) is 7.97. The average molecular weight is 261 g/mol. The van der Waals surface area contributed by atoms with Crippen LogP contribution in [0.2, 0.25) is 0 Å². The summed E-state index contributed by atoms with van der Waals surface area (Å²) in [6.45, 7) is 12.2. The highest BCUT2D eigenvalue weighted by Crippen LogP contribution is 2.21. The number of hydrogen-bond acceptors (Lipinski definition) is 3. The summed E-state index contributed by atoms with van der Waals surface area (Å²) in [7, 11) is 0. The number of unbranched alkanes of at least 4 members (excludes halogenated alkanes) is 1. The van der Waals surface area contributed by atoms with Crippen molar-refractivity contribution < 1.29 is 5.11 Å². The van der Waals surface area contributed by atoms with E-state index in [-0.39, 0.29) is 12.1 Å². The fourth-order valence-electron chi connectivity index (χ4n) is 1.73. The van der Waals surface area contributed by atoms with Gasteiger partial charge in [0.2, 0.25) is 0 Å². The maximum atomic E-state index is 9.37. The molecule has 0 aromatic rings. The molecule has 0 saturated carbocycles. The summed E-state index contributed by atoms with van der Waals surface area (Å²) in [6.07, 6.45) is 3.51. The van der Waals surface area contributed by atoms with Gasteiger partial charge in [-0.15, -0.1) is 0 Å². The van der Waals surface area contributed by atoms with Crippen molar-refractivity contribution in [2.75, 3.05) is 18.9 Å². The van der Waals surface area contributed by atoms with Gasteiger partial charge in [0.05, 0.1) is 6.61 Å². The monoisotopic (exact) mass is 261 g/mol. The molecule has 0 aliphatic carbocycles. The second-order valence-corrected chi connectivity index (χ2v) is 7.01. The van der Waals surface area contributed by atoms with Crippen molar-refractivity contribution in [1.29, 1.82) is 0 Å². The fourth-order valence-corrected chi connectivity index (χ4v) is 2.86. The van der Waals surface area contributed by atoms with E-state index >= 15 is 0 Å². The molecule has 2 nitrogen and oxygen atoms in total. The molecular weight excluding hydrogens is 230 g/mol. The minimum absolute atomic E-state index is 0.0803. The third-order valence-electron chi connectivity index (χ3n) is 3.39. The van der Waals surface area contributed by atoms with E-state index in [1.807, 2.05) is 0 Å². The highest BCUT2D eigenvalue weighted by molar-refractivity contribution is 7.99. The topological polar surface area (TPSA) is 32.3 Å². The van der Waals surface area contributed by atoms with Crippen LogP contribution in [-0.4, -0.2) is 34.8 Å². The fraction of sp³-hybridized carbons (Fsp3) is 1.00. The summed E-state index contributed by atoms with van der Waals surface area (Å²) in [6, 6.07) is 0. The Morgan fingerprint density at radius 2 is 1.88 bits per heavy atom. The Labute approximate surface area is 112 Å². The summed E-state index contributed by atoms with van der Waals surface area (Å²) in [5.74, 6) is 2.01. The van der Waals surface area contributed by atoms with Crippen LogP contribution in [0.25, 0.3) is 0 Å². The number of nitrogens with one attached hydrogen (secondary N) is 1.